The van der Waals surface area contributed by atoms with Gasteiger partial charge in [0.25, 0.3) is 17.7 Å². The normalized spacial score (nSPS) is 15.9. The summed E-state index contributed by atoms with van der Waals surface area (Å²) >= 11 is 0. The van der Waals surface area contributed by atoms with Crippen LogP contribution in [-0.4, -0.2) is 67.2 Å². The van der Waals surface area contributed by atoms with Gasteiger partial charge < -0.3 is 44.2 Å². The maximum Gasteiger partial charge on any atom is 0.365 e. The Morgan fingerprint density at radius 1 is 0.721 bits per heavy atom. The van der Waals surface area contributed by atoms with E-state index in [0.29, 0.717) is 68.0 Å². The fourth-order valence-electron chi connectivity index (χ4n) is 6.64. The third-order valence-corrected chi connectivity index (χ3v) is 8.95. The van der Waals surface area contributed by atoms with Crippen molar-refractivity contribution in [2.75, 3.05) is 0 Å². The van der Waals surface area contributed by atoms with E-state index in [1.165, 1.54) is 19.1 Å². The van der Waals surface area contributed by atoms with Gasteiger partial charge >= 0.3 is 17.9 Å². The van der Waals surface area contributed by atoms with Gasteiger partial charge in [0.1, 0.15) is 29.1 Å². The average Bonchev–Trinajstić information content (AvgIpc) is 3.85. The molecule has 19 nitrogen and oxygen atoms in total. The van der Waals surface area contributed by atoms with E-state index in [1.54, 1.807) is 86.6 Å². The summed E-state index contributed by atoms with van der Waals surface area (Å²) in [7, 11) is 0. The Kier molecular flexibility index (Phi) is 12.0. The van der Waals surface area contributed by atoms with Gasteiger partial charge in [0, 0.05) is 16.7 Å². The van der Waals surface area contributed by atoms with Crippen LogP contribution < -0.4 is 16.4 Å². The predicted octanol–water partition coefficient (Wildman–Crippen LogP) is 6.14. The highest BCUT2D eigenvalue weighted by Crippen LogP contribution is 2.40. The predicted molar refractivity (Wildman–Crippen MR) is 215 cm³/mol. The van der Waals surface area contributed by atoms with Crippen LogP contribution in [0.15, 0.2) is 55.1 Å². The first-order valence-electron chi connectivity index (χ1n) is 19.2. The highest BCUT2D eigenvalue weighted by molar-refractivity contribution is 6.06. The van der Waals surface area contributed by atoms with Crippen molar-refractivity contribution in [3.63, 3.8) is 0 Å². The van der Waals surface area contributed by atoms with Crippen LogP contribution in [0.4, 0.5) is 0 Å². The van der Waals surface area contributed by atoms with Gasteiger partial charge in [-0.1, -0.05) is 32.8 Å². The third kappa shape index (κ3) is 10.00. The first-order valence-corrected chi connectivity index (χ1v) is 19.2. The standard InChI is InChI=1S/C21H24N4O6.C21H22N4O5/c1-10-17-13-7-6-12(20(28)31-25-11(2)22)8-14(13)19(27)23-15(18(17)30-24-10)9-16(26)29-21(3,4)5;1-10-17-13-7-6-12(20-22-11(2)25-30-20)8-14(13)19(27)23-15(18(17)29-24-10)9-16(26)28-21(3,4)5/h6-8,15H,9H2,1-5H3,(H2,22,25)(H,23,27);6-8,15H,9H2,1-5H3,(H,23,27)/t2*15-/m00/s1. The van der Waals surface area contributed by atoms with Gasteiger partial charge in [-0.3, -0.25) is 19.2 Å². The van der Waals surface area contributed by atoms with Crippen molar-refractivity contribution in [2.24, 2.45) is 10.9 Å². The van der Waals surface area contributed by atoms with Gasteiger partial charge in [-0.15, -0.1) is 0 Å². The summed E-state index contributed by atoms with van der Waals surface area (Å²) in [6, 6.07) is 8.27. The van der Waals surface area contributed by atoms with E-state index in [0.717, 1.165) is 0 Å². The molecular weight excluding hydrogens is 793 g/mol. The number of carbonyl (C=O) groups is 5. The number of carbonyl (C=O) groups excluding carboxylic acids is 5. The summed E-state index contributed by atoms with van der Waals surface area (Å²) in [5.41, 5.74) is 9.03. The van der Waals surface area contributed by atoms with Crippen molar-refractivity contribution in [3.8, 4) is 33.7 Å². The molecule has 7 rings (SSSR count). The average molecular weight is 839 g/mol. The van der Waals surface area contributed by atoms with E-state index >= 15 is 0 Å². The molecule has 5 aromatic rings. The first-order chi connectivity index (χ1) is 28.6. The molecule has 5 heterocycles. The largest absolute Gasteiger partial charge is 0.460 e. The highest BCUT2D eigenvalue weighted by Gasteiger charge is 2.36. The number of nitrogens with one attached hydrogen (secondary N) is 2. The van der Waals surface area contributed by atoms with Gasteiger partial charge in [0.05, 0.1) is 40.9 Å². The number of oxime groups is 1. The number of ether oxygens (including phenoxy) is 2. The van der Waals surface area contributed by atoms with Crippen LogP contribution in [-0.2, 0) is 23.9 Å². The lowest BCUT2D eigenvalue weighted by molar-refractivity contribution is -0.156. The molecule has 2 aliphatic rings. The summed E-state index contributed by atoms with van der Waals surface area (Å²) in [5.74, 6) is -0.874. The number of hydrogen-bond donors (Lipinski definition) is 3. The van der Waals surface area contributed by atoms with Crippen LogP contribution in [0.3, 0.4) is 0 Å². The van der Waals surface area contributed by atoms with Crippen LogP contribution in [0, 0.1) is 20.8 Å². The van der Waals surface area contributed by atoms with Crippen LogP contribution in [0.1, 0.15) is 133 Å². The second-order valence-corrected chi connectivity index (χ2v) is 16.4. The number of hydrogen-bond acceptors (Lipinski definition) is 16. The zero-order valence-corrected chi connectivity index (χ0v) is 35.3. The monoisotopic (exact) mass is 838 g/mol. The molecule has 19 heteroatoms. The molecule has 3 aromatic heterocycles. The molecule has 0 radical (unpaired) electrons. The molecule has 61 heavy (non-hydrogen) atoms. The molecule has 0 saturated heterocycles. The summed E-state index contributed by atoms with van der Waals surface area (Å²) in [6.07, 6.45) is -0.216. The van der Waals surface area contributed by atoms with Gasteiger partial charge in [0.15, 0.2) is 17.3 Å². The molecule has 2 atom stereocenters. The lowest BCUT2D eigenvalue weighted by atomic mass is 9.95. The Labute approximate surface area is 349 Å². The molecule has 0 unspecified atom stereocenters. The minimum Gasteiger partial charge on any atom is -0.460 e. The Morgan fingerprint density at radius 3 is 1.67 bits per heavy atom. The summed E-state index contributed by atoms with van der Waals surface area (Å²) in [6.45, 7) is 17.4. The quantitative estimate of drug-likeness (QED) is 0.0546. The molecule has 2 amide bonds. The van der Waals surface area contributed by atoms with Gasteiger partial charge in [-0.2, -0.15) is 4.98 Å². The topological polar surface area (TPSA) is 266 Å². The Hall–Kier alpha value is -7.18. The molecule has 4 N–H and O–H groups in total. The van der Waals surface area contributed by atoms with Crippen molar-refractivity contribution in [3.05, 3.63) is 81.8 Å². The zero-order chi connectivity index (χ0) is 44.6. The Morgan fingerprint density at radius 2 is 1.21 bits per heavy atom. The Balaban J connectivity index is 0.000000204. The number of amides is 2. The van der Waals surface area contributed by atoms with E-state index in [-0.39, 0.29) is 35.7 Å². The summed E-state index contributed by atoms with van der Waals surface area (Å²) in [4.78, 5) is 72.0. The number of esters is 2. The number of nitrogens with two attached hydrogens (primary N) is 1. The van der Waals surface area contributed by atoms with Crippen LogP contribution in [0.25, 0.3) is 33.7 Å². The third-order valence-electron chi connectivity index (χ3n) is 8.95. The van der Waals surface area contributed by atoms with Crippen LogP contribution in [0.2, 0.25) is 0 Å². The number of aryl methyl sites for hydroxylation is 3. The minimum absolute atomic E-state index is 0.0751. The van der Waals surface area contributed by atoms with Crippen molar-refractivity contribution < 1.29 is 51.9 Å². The number of nitrogens with zero attached hydrogens (tertiary/aromatic N) is 5. The Bertz CT molecular complexity index is 2570. The van der Waals surface area contributed by atoms with E-state index in [2.05, 4.69) is 36.2 Å². The zero-order valence-electron chi connectivity index (χ0n) is 35.3. The maximum atomic E-state index is 13.1. The smallest absolute Gasteiger partial charge is 0.365 e. The molecule has 0 spiro atoms. The molecule has 2 aromatic carbocycles. The molecule has 0 aliphatic carbocycles. The minimum atomic E-state index is -0.786. The summed E-state index contributed by atoms with van der Waals surface area (Å²) < 4.78 is 27.0. The van der Waals surface area contributed by atoms with E-state index < -0.39 is 47.1 Å². The molecule has 0 saturated carbocycles. The number of fused-ring (bicyclic) bond motifs is 6. The number of amidine groups is 1. The van der Waals surface area contributed by atoms with Gasteiger partial charge in [-0.25, -0.2) is 4.79 Å². The lowest BCUT2D eigenvalue weighted by Gasteiger charge is -2.21. The van der Waals surface area contributed by atoms with E-state index in [1.807, 2.05) is 0 Å². The molecule has 320 valence electrons. The second kappa shape index (κ2) is 16.8. The van der Waals surface area contributed by atoms with Crippen LogP contribution in [0.5, 0.6) is 0 Å². The number of aromatic nitrogens is 4. The fraction of sp³-hybridized carbons (Fsp3) is 0.381. The van der Waals surface area contributed by atoms with E-state index in [9.17, 15) is 24.0 Å². The lowest BCUT2D eigenvalue weighted by Crippen LogP contribution is -2.31. The molecule has 2 aliphatic heterocycles. The summed E-state index contributed by atoms with van der Waals surface area (Å²) in [5, 5.41) is 20.9. The van der Waals surface area contributed by atoms with Gasteiger partial charge in [0.2, 0.25) is 0 Å². The van der Waals surface area contributed by atoms with E-state index in [4.69, 9.17) is 33.6 Å². The van der Waals surface area contributed by atoms with Crippen molar-refractivity contribution >= 4 is 35.6 Å². The molecule has 0 bridgehead atoms. The highest BCUT2D eigenvalue weighted by atomic mass is 16.7. The van der Waals surface area contributed by atoms with Crippen molar-refractivity contribution in [2.45, 2.75) is 105 Å². The molecular formula is C42H46N8O11. The van der Waals surface area contributed by atoms with Crippen molar-refractivity contribution in [1.29, 1.82) is 0 Å². The fourth-order valence-corrected chi connectivity index (χ4v) is 6.64. The number of benzene rings is 2. The maximum absolute atomic E-state index is 13.1. The first kappa shape index (κ1) is 43.4. The molecule has 0 fully saturated rings. The van der Waals surface area contributed by atoms with Crippen LogP contribution >= 0.6 is 0 Å². The second-order valence-electron chi connectivity index (χ2n) is 16.4. The van der Waals surface area contributed by atoms with Crippen molar-refractivity contribution in [1.82, 2.24) is 31.1 Å². The SMILES string of the molecule is CC(N)=NOC(=O)c1ccc2c(c1)C(=O)N[C@@H](CC(=O)OC(C)(C)C)c1onc(C)c1-2.Cc1noc(-c2ccc3c(c2)C(=O)N[C@@H](CC(=O)OC(C)(C)C)c2onc(C)c2-3)n1. The number of rotatable bonds is 7. The van der Waals surface area contributed by atoms with Gasteiger partial charge in [-0.05, 0) is 105 Å².